The maximum Gasteiger partial charge on any atom is 0.254 e. The Labute approximate surface area is 208 Å². The number of aliphatic hydroxyl groups is 1. The molecule has 3 aromatic rings. The minimum Gasteiger partial charge on any atom is -0.454 e. The Balaban J connectivity index is 1.21. The van der Waals surface area contributed by atoms with E-state index in [1.54, 1.807) is 28.0 Å². The molecular formula is C29H24N2O5. The number of piperazine rings is 1. The number of nitrogens with zero attached hydrogens (tertiary/aromatic N) is 2. The smallest absolute Gasteiger partial charge is 0.254 e. The van der Waals surface area contributed by atoms with Gasteiger partial charge in [-0.3, -0.25) is 9.59 Å². The van der Waals surface area contributed by atoms with Gasteiger partial charge in [0.25, 0.3) is 5.91 Å². The molecule has 36 heavy (non-hydrogen) atoms. The molecule has 2 saturated heterocycles. The van der Waals surface area contributed by atoms with Crippen LogP contribution >= 0.6 is 0 Å². The molecule has 1 N–H and O–H groups in total. The standard InChI is InChI=1S/C29H24N2O5/c32-17-24-28(21-10-8-20(9-11-21)7-6-19-4-2-1-3-5-19)23-15-30(16-27(33)31(23)24)29(34)22-12-13-25-26(14-22)36-18-35-25/h1-5,8-14,23-24,28,32H,15-18H2/t23-,24+,28+/m0/s1. The highest BCUT2D eigenvalue weighted by atomic mass is 16.7. The van der Waals surface area contributed by atoms with Crippen LogP contribution in [0.3, 0.4) is 0 Å². The second-order valence-corrected chi connectivity index (χ2v) is 9.14. The Morgan fingerprint density at radius 3 is 2.42 bits per heavy atom. The first-order valence-electron chi connectivity index (χ1n) is 11.9. The van der Waals surface area contributed by atoms with Gasteiger partial charge in [0.05, 0.1) is 18.7 Å². The Kier molecular flexibility index (Phi) is 5.59. The van der Waals surface area contributed by atoms with E-state index in [2.05, 4.69) is 11.8 Å². The summed E-state index contributed by atoms with van der Waals surface area (Å²) in [6.45, 7) is 0.391. The summed E-state index contributed by atoms with van der Waals surface area (Å²) in [5, 5.41) is 10.1. The summed E-state index contributed by atoms with van der Waals surface area (Å²) in [6, 6.07) is 22.3. The van der Waals surface area contributed by atoms with E-state index in [1.807, 2.05) is 54.6 Å². The van der Waals surface area contributed by atoms with Crippen molar-refractivity contribution in [3.8, 4) is 23.3 Å². The summed E-state index contributed by atoms with van der Waals surface area (Å²) in [6.07, 6.45) is 0. The fourth-order valence-electron chi connectivity index (χ4n) is 5.32. The lowest BCUT2D eigenvalue weighted by molar-refractivity contribution is -0.159. The van der Waals surface area contributed by atoms with Gasteiger partial charge in [-0.2, -0.15) is 0 Å². The van der Waals surface area contributed by atoms with Gasteiger partial charge < -0.3 is 24.4 Å². The highest BCUT2D eigenvalue weighted by Crippen LogP contribution is 2.43. The molecule has 3 aromatic carbocycles. The van der Waals surface area contributed by atoms with Crippen molar-refractivity contribution in [3.05, 3.63) is 95.1 Å². The molecule has 2 amide bonds. The second-order valence-electron chi connectivity index (χ2n) is 9.14. The van der Waals surface area contributed by atoms with E-state index in [0.717, 1.165) is 16.7 Å². The van der Waals surface area contributed by atoms with Crippen LogP contribution in [0.25, 0.3) is 0 Å². The van der Waals surface area contributed by atoms with Crippen LogP contribution in [-0.2, 0) is 4.79 Å². The number of carbonyl (C=O) groups excluding carboxylic acids is 2. The van der Waals surface area contributed by atoms with Crippen molar-refractivity contribution in [2.45, 2.75) is 18.0 Å². The van der Waals surface area contributed by atoms with Gasteiger partial charge in [-0.1, -0.05) is 42.2 Å². The first kappa shape index (κ1) is 22.2. The quantitative estimate of drug-likeness (QED) is 0.583. The highest BCUT2D eigenvalue weighted by molar-refractivity contribution is 5.98. The first-order valence-corrected chi connectivity index (χ1v) is 11.9. The highest BCUT2D eigenvalue weighted by Gasteiger charge is 2.54. The van der Waals surface area contributed by atoms with Crippen molar-refractivity contribution in [2.75, 3.05) is 26.5 Å². The van der Waals surface area contributed by atoms with Gasteiger partial charge in [0.1, 0.15) is 6.54 Å². The van der Waals surface area contributed by atoms with Crippen LogP contribution in [0.5, 0.6) is 11.5 Å². The van der Waals surface area contributed by atoms with Crippen LogP contribution in [0, 0.1) is 11.8 Å². The van der Waals surface area contributed by atoms with Crippen LogP contribution in [-0.4, -0.2) is 65.3 Å². The number of rotatable bonds is 3. The van der Waals surface area contributed by atoms with Crippen molar-refractivity contribution < 1.29 is 24.2 Å². The van der Waals surface area contributed by atoms with Gasteiger partial charge in [0.2, 0.25) is 12.7 Å². The van der Waals surface area contributed by atoms with Crippen molar-refractivity contribution in [3.63, 3.8) is 0 Å². The number of fused-ring (bicyclic) bond motifs is 2. The molecule has 3 aliphatic heterocycles. The largest absolute Gasteiger partial charge is 0.454 e. The molecule has 0 bridgehead atoms. The molecule has 180 valence electrons. The molecular weight excluding hydrogens is 456 g/mol. The van der Waals surface area contributed by atoms with Gasteiger partial charge >= 0.3 is 0 Å². The number of amides is 2. The lowest BCUT2D eigenvalue weighted by Gasteiger charge is -2.58. The lowest BCUT2D eigenvalue weighted by Crippen LogP contribution is -2.73. The third-order valence-corrected chi connectivity index (χ3v) is 7.08. The molecule has 0 radical (unpaired) electrons. The van der Waals surface area contributed by atoms with Crippen LogP contribution in [0.1, 0.15) is 33.0 Å². The maximum absolute atomic E-state index is 13.2. The van der Waals surface area contributed by atoms with E-state index in [9.17, 15) is 14.7 Å². The number of carbonyl (C=O) groups is 2. The molecule has 3 aliphatic rings. The van der Waals surface area contributed by atoms with E-state index >= 15 is 0 Å². The molecule has 0 spiro atoms. The predicted molar refractivity (Wildman–Crippen MR) is 132 cm³/mol. The molecule has 3 heterocycles. The maximum atomic E-state index is 13.2. The summed E-state index contributed by atoms with van der Waals surface area (Å²) in [4.78, 5) is 29.5. The Hall–Kier alpha value is -4.28. The van der Waals surface area contributed by atoms with E-state index in [0.29, 0.717) is 23.6 Å². The van der Waals surface area contributed by atoms with Gasteiger partial charge in [-0.05, 0) is 48.0 Å². The van der Waals surface area contributed by atoms with E-state index in [4.69, 9.17) is 9.47 Å². The molecule has 7 nitrogen and oxygen atoms in total. The van der Waals surface area contributed by atoms with Crippen LogP contribution in [0.2, 0.25) is 0 Å². The molecule has 0 aromatic heterocycles. The molecule has 7 heteroatoms. The number of ether oxygens (including phenoxy) is 2. The minimum absolute atomic E-state index is 0.0129. The van der Waals surface area contributed by atoms with Gasteiger partial charge in [0.15, 0.2) is 11.5 Å². The van der Waals surface area contributed by atoms with E-state index in [-0.39, 0.29) is 49.8 Å². The normalized spacial score (nSPS) is 21.8. The monoisotopic (exact) mass is 480 g/mol. The zero-order chi connectivity index (χ0) is 24.6. The van der Waals surface area contributed by atoms with Gasteiger partial charge in [-0.25, -0.2) is 0 Å². The van der Waals surface area contributed by atoms with Crippen molar-refractivity contribution in [1.29, 1.82) is 0 Å². The summed E-state index contributed by atoms with van der Waals surface area (Å²) in [5.41, 5.74) is 3.31. The molecule has 3 atom stereocenters. The average molecular weight is 481 g/mol. The zero-order valence-corrected chi connectivity index (χ0v) is 19.5. The topological polar surface area (TPSA) is 79.3 Å². The van der Waals surface area contributed by atoms with E-state index < -0.39 is 0 Å². The molecule has 6 rings (SSSR count). The molecule has 0 unspecified atom stereocenters. The SMILES string of the molecule is O=C(c1ccc2c(c1)OCO2)N1CC(=O)N2[C@H](CO)[C@H](c3ccc(C#Cc4ccccc4)cc3)[C@@H]2C1. The summed E-state index contributed by atoms with van der Waals surface area (Å²) in [7, 11) is 0. The average Bonchev–Trinajstić information content (AvgIpc) is 3.37. The fourth-order valence-corrected chi connectivity index (χ4v) is 5.32. The predicted octanol–water partition coefficient (Wildman–Crippen LogP) is 2.63. The van der Waals surface area contributed by atoms with Crippen LogP contribution in [0.4, 0.5) is 0 Å². The lowest BCUT2D eigenvalue weighted by atomic mass is 9.73. The van der Waals surface area contributed by atoms with Crippen molar-refractivity contribution in [2.24, 2.45) is 0 Å². The van der Waals surface area contributed by atoms with Gasteiger partial charge in [-0.15, -0.1) is 0 Å². The number of aliphatic hydroxyl groups excluding tert-OH is 1. The van der Waals surface area contributed by atoms with Crippen molar-refractivity contribution >= 4 is 11.8 Å². The minimum atomic E-state index is -0.299. The third-order valence-electron chi connectivity index (χ3n) is 7.08. The summed E-state index contributed by atoms with van der Waals surface area (Å²) in [5.74, 6) is 7.02. The zero-order valence-electron chi connectivity index (χ0n) is 19.5. The Morgan fingerprint density at radius 2 is 1.67 bits per heavy atom. The summed E-state index contributed by atoms with van der Waals surface area (Å²) >= 11 is 0. The number of hydrogen-bond acceptors (Lipinski definition) is 5. The second kappa shape index (κ2) is 9.06. The molecule has 2 fully saturated rings. The number of hydrogen-bond donors (Lipinski definition) is 1. The Morgan fingerprint density at radius 1 is 0.944 bits per heavy atom. The number of benzene rings is 3. The first-order chi connectivity index (χ1) is 17.6. The van der Waals surface area contributed by atoms with Crippen LogP contribution in [0.15, 0.2) is 72.8 Å². The van der Waals surface area contributed by atoms with Gasteiger partial charge in [0, 0.05) is 29.2 Å². The van der Waals surface area contributed by atoms with E-state index in [1.165, 1.54) is 0 Å². The summed E-state index contributed by atoms with van der Waals surface area (Å²) < 4.78 is 10.7. The third kappa shape index (κ3) is 3.86. The van der Waals surface area contributed by atoms with Crippen LogP contribution < -0.4 is 9.47 Å². The molecule has 0 aliphatic carbocycles. The molecule has 0 saturated carbocycles. The fraction of sp³-hybridized carbons (Fsp3) is 0.241. The van der Waals surface area contributed by atoms with Crippen molar-refractivity contribution in [1.82, 2.24) is 9.80 Å². The Bertz CT molecular complexity index is 1380.